The number of carboxylic acid groups (broad SMARTS) is 1. The molecule has 0 radical (unpaired) electrons. The zero-order valence-electron chi connectivity index (χ0n) is 32.9. The molecule has 0 bridgehead atoms. The molecule has 1 amide bonds. The second-order valence-electron chi connectivity index (χ2n) is 19.3. The van der Waals surface area contributed by atoms with Crippen molar-refractivity contribution in [1.29, 1.82) is 0 Å². The van der Waals surface area contributed by atoms with E-state index in [0.717, 1.165) is 68.9 Å². The summed E-state index contributed by atoms with van der Waals surface area (Å²) in [5, 5.41) is 12.5. The fourth-order valence-corrected chi connectivity index (χ4v) is 15.3. The van der Waals surface area contributed by atoms with Crippen LogP contribution in [-0.2, 0) is 19.4 Å². The van der Waals surface area contributed by atoms with Crippen molar-refractivity contribution in [3.63, 3.8) is 0 Å². The van der Waals surface area contributed by atoms with Gasteiger partial charge in [0.25, 0.3) is 5.91 Å². The van der Waals surface area contributed by atoms with Crippen molar-refractivity contribution in [2.75, 3.05) is 37.7 Å². The predicted molar refractivity (Wildman–Crippen MR) is 209 cm³/mol. The van der Waals surface area contributed by atoms with Crippen molar-refractivity contribution in [2.24, 2.45) is 56.7 Å². The SMILES string of the molecule is C=C(C)[C@@H]1CC[C@]2(C(=O)C(=O)NCCN3CCS(=O)(=O)CC3)CC[C@]3(C)[C@H](CCC4[C@@]5(C)CC=C(c6ccc(C(=O)O)cc6)C(C)(C)C5CC[C@]43C)[C@@H]12. The number of amides is 1. The number of carboxylic acids is 1. The van der Waals surface area contributed by atoms with Crippen LogP contribution in [0.15, 0.2) is 42.5 Å². The Kier molecular flexibility index (Phi) is 9.56. The van der Waals surface area contributed by atoms with Crippen molar-refractivity contribution in [2.45, 2.75) is 99.3 Å². The largest absolute Gasteiger partial charge is 0.478 e. The Morgan fingerprint density at radius 1 is 0.887 bits per heavy atom. The first-order chi connectivity index (χ1) is 24.8. The molecule has 1 aliphatic heterocycles. The second kappa shape index (κ2) is 13.2. The molecule has 9 heteroatoms. The van der Waals surface area contributed by atoms with E-state index in [2.05, 4.69) is 64.4 Å². The highest BCUT2D eigenvalue weighted by Crippen LogP contribution is 2.77. The van der Waals surface area contributed by atoms with E-state index in [0.29, 0.717) is 49.5 Å². The number of hydrogen-bond acceptors (Lipinski definition) is 6. The van der Waals surface area contributed by atoms with Crippen LogP contribution in [0.25, 0.3) is 5.57 Å². The van der Waals surface area contributed by atoms with E-state index in [9.17, 15) is 27.9 Å². The lowest BCUT2D eigenvalue weighted by molar-refractivity contribution is -0.224. The molecule has 0 aromatic heterocycles. The van der Waals surface area contributed by atoms with Crippen LogP contribution in [0.2, 0.25) is 0 Å². The molecule has 5 aliphatic carbocycles. The first-order valence-electron chi connectivity index (χ1n) is 20.3. The minimum absolute atomic E-state index is 0.0300. The van der Waals surface area contributed by atoms with Crippen LogP contribution in [0.3, 0.4) is 0 Å². The van der Waals surface area contributed by atoms with E-state index in [1.165, 1.54) is 5.57 Å². The van der Waals surface area contributed by atoms with Crippen molar-refractivity contribution in [3.05, 3.63) is 53.6 Å². The predicted octanol–water partition coefficient (Wildman–Crippen LogP) is 7.45. The van der Waals surface area contributed by atoms with Gasteiger partial charge in [-0.25, -0.2) is 13.2 Å². The minimum Gasteiger partial charge on any atom is -0.478 e. The third kappa shape index (κ3) is 5.91. The average molecular weight is 747 g/mol. The highest BCUT2D eigenvalue weighted by Gasteiger charge is 2.71. The van der Waals surface area contributed by atoms with Crippen LogP contribution in [0.1, 0.15) is 115 Å². The van der Waals surface area contributed by atoms with Crippen LogP contribution in [0, 0.1) is 56.7 Å². The molecule has 2 N–H and O–H groups in total. The van der Waals surface area contributed by atoms with Crippen LogP contribution < -0.4 is 5.32 Å². The Bertz CT molecular complexity index is 1820. The van der Waals surface area contributed by atoms with Gasteiger partial charge in [0.05, 0.1) is 17.1 Å². The lowest BCUT2D eigenvalue weighted by Crippen LogP contribution is -2.66. The smallest absolute Gasteiger partial charge is 0.335 e. The third-order valence-corrected chi connectivity index (χ3v) is 18.5. The van der Waals surface area contributed by atoms with Gasteiger partial charge in [0, 0.05) is 31.6 Å². The van der Waals surface area contributed by atoms with Crippen molar-refractivity contribution >= 4 is 33.1 Å². The van der Waals surface area contributed by atoms with Gasteiger partial charge >= 0.3 is 5.97 Å². The Hall–Kier alpha value is -2.78. The zero-order chi connectivity index (χ0) is 38.4. The second-order valence-corrected chi connectivity index (χ2v) is 21.7. The maximum atomic E-state index is 14.5. The van der Waals surface area contributed by atoms with Gasteiger partial charge in [-0.05, 0) is 139 Å². The van der Waals surface area contributed by atoms with E-state index in [1.807, 2.05) is 12.1 Å². The number of carbonyl (C=O) groups is 3. The summed E-state index contributed by atoms with van der Waals surface area (Å²) in [7, 11) is -2.97. The Labute approximate surface area is 317 Å². The van der Waals surface area contributed by atoms with Crippen molar-refractivity contribution in [1.82, 2.24) is 10.2 Å². The van der Waals surface area contributed by atoms with Crippen LogP contribution in [0.5, 0.6) is 0 Å². The first kappa shape index (κ1) is 38.5. The number of nitrogens with zero attached hydrogens (tertiary/aromatic N) is 1. The summed E-state index contributed by atoms with van der Waals surface area (Å²) in [6.45, 7) is 20.9. The normalized spacial score (nSPS) is 40.0. The molecule has 6 aliphatic rings. The van der Waals surface area contributed by atoms with E-state index < -0.39 is 27.1 Å². The molecule has 1 aromatic rings. The van der Waals surface area contributed by atoms with Crippen LogP contribution in [0.4, 0.5) is 0 Å². The van der Waals surface area contributed by atoms with Gasteiger partial charge < -0.3 is 10.4 Å². The average Bonchev–Trinajstić information content (AvgIpc) is 3.50. The molecule has 1 saturated heterocycles. The number of fused-ring (bicyclic) bond motifs is 7. The molecular weight excluding hydrogens is 685 g/mol. The first-order valence-corrected chi connectivity index (χ1v) is 22.1. The summed E-state index contributed by atoms with van der Waals surface area (Å²) in [6.07, 6.45) is 11.3. The number of aromatic carboxylic acids is 1. The molecule has 0 spiro atoms. The zero-order valence-corrected chi connectivity index (χ0v) is 33.7. The molecule has 1 aromatic carbocycles. The van der Waals surface area contributed by atoms with E-state index in [1.54, 1.807) is 12.1 Å². The van der Waals surface area contributed by atoms with Crippen LogP contribution in [-0.4, -0.2) is 73.8 Å². The number of ketones is 1. The number of carbonyl (C=O) groups excluding carboxylic acids is 2. The topological polar surface area (TPSA) is 121 Å². The molecule has 7 rings (SSSR count). The highest BCUT2D eigenvalue weighted by atomic mass is 32.2. The van der Waals surface area contributed by atoms with Gasteiger partial charge in [0.15, 0.2) is 9.84 Å². The molecule has 1 heterocycles. The van der Waals surface area contributed by atoms with Gasteiger partial charge in [0.2, 0.25) is 5.78 Å². The molecule has 53 heavy (non-hydrogen) atoms. The standard InChI is InChI=1S/C44H62N2O6S/c1-28(2)31-14-19-44(37(47)38(48)45-22-23-46-24-26-53(51,52)27-25-46)21-20-42(6)33(36(31)44)12-13-35-41(5)17-15-32(29-8-10-30(11-9-29)39(49)50)40(3,4)34(41)16-18-43(35,42)7/h8-11,15,31,33-36H,1,12-14,16-27H2,2-7H3,(H,45,48)(H,49,50)/t31-,33+,34?,35?,36+,41-,42+,43+,44-/m0/s1. The number of nitrogens with one attached hydrogen (secondary N) is 1. The summed E-state index contributed by atoms with van der Waals surface area (Å²) in [5.74, 6) is 0.377. The van der Waals surface area contributed by atoms with Gasteiger partial charge in [-0.2, -0.15) is 0 Å². The number of hydrogen-bond donors (Lipinski definition) is 2. The number of Topliss-reactive ketones (excluding diaryl/α,β-unsaturated/α-hetero) is 1. The summed E-state index contributed by atoms with van der Waals surface area (Å²) in [6, 6.07) is 7.43. The number of allylic oxidation sites excluding steroid dienone is 3. The van der Waals surface area contributed by atoms with Gasteiger partial charge in [-0.1, -0.05) is 65.0 Å². The van der Waals surface area contributed by atoms with Crippen molar-refractivity contribution < 1.29 is 27.9 Å². The Morgan fingerprint density at radius 3 is 2.21 bits per heavy atom. The minimum atomic E-state index is -2.97. The Balaban J connectivity index is 1.13. The fourth-order valence-electron chi connectivity index (χ4n) is 14.0. The highest BCUT2D eigenvalue weighted by molar-refractivity contribution is 7.91. The third-order valence-electron chi connectivity index (χ3n) is 16.9. The van der Waals surface area contributed by atoms with E-state index in [4.69, 9.17) is 0 Å². The quantitative estimate of drug-likeness (QED) is 0.210. The molecule has 290 valence electrons. The van der Waals surface area contributed by atoms with Crippen molar-refractivity contribution in [3.8, 4) is 0 Å². The fraction of sp³-hybridized carbons (Fsp3) is 0.705. The monoisotopic (exact) mass is 746 g/mol. The Morgan fingerprint density at radius 2 is 1.57 bits per heavy atom. The van der Waals surface area contributed by atoms with E-state index >= 15 is 0 Å². The maximum Gasteiger partial charge on any atom is 0.335 e. The summed E-state index contributed by atoms with van der Waals surface area (Å²) in [4.78, 5) is 41.9. The molecule has 9 atom stereocenters. The maximum absolute atomic E-state index is 14.5. The molecular formula is C44H62N2O6S. The van der Waals surface area contributed by atoms with Gasteiger partial charge in [-0.3, -0.25) is 14.5 Å². The summed E-state index contributed by atoms with van der Waals surface area (Å²) in [5.41, 5.74) is 3.41. The van der Waals surface area contributed by atoms with Gasteiger partial charge in [-0.15, -0.1) is 0 Å². The van der Waals surface area contributed by atoms with E-state index in [-0.39, 0.29) is 50.8 Å². The molecule has 8 nitrogen and oxygen atoms in total. The lowest BCUT2D eigenvalue weighted by Gasteiger charge is -2.72. The summed E-state index contributed by atoms with van der Waals surface area (Å²) < 4.78 is 23.7. The lowest BCUT2D eigenvalue weighted by atomic mass is 9.32. The molecule has 4 saturated carbocycles. The number of benzene rings is 1. The van der Waals surface area contributed by atoms with Gasteiger partial charge in [0.1, 0.15) is 0 Å². The number of sulfone groups is 1. The number of rotatable bonds is 8. The summed E-state index contributed by atoms with van der Waals surface area (Å²) >= 11 is 0. The van der Waals surface area contributed by atoms with Crippen LogP contribution >= 0.6 is 0 Å². The molecule has 5 fully saturated rings. The molecule has 2 unspecified atom stereocenters.